The summed E-state index contributed by atoms with van der Waals surface area (Å²) in [4.78, 5) is 17.5. The Morgan fingerprint density at radius 1 is 1.13 bits per heavy atom. The molecule has 7 heteroatoms. The molecule has 1 aromatic carbocycles. The van der Waals surface area contributed by atoms with Crippen molar-refractivity contribution in [3.05, 3.63) is 41.2 Å². The molecule has 0 saturated carbocycles. The van der Waals surface area contributed by atoms with E-state index in [0.717, 1.165) is 24.2 Å². The van der Waals surface area contributed by atoms with Gasteiger partial charge in [0.25, 0.3) is 0 Å². The predicted molar refractivity (Wildman–Crippen MR) is 93.4 cm³/mol. The summed E-state index contributed by atoms with van der Waals surface area (Å²) >= 11 is 6.01. The van der Waals surface area contributed by atoms with Crippen LogP contribution in [0.15, 0.2) is 30.6 Å². The van der Waals surface area contributed by atoms with Gasteiger partial charge < -0.3 is 10.6 Å². The Hall–Kier alpha value is -2.47. The third-order valence-corrected chi connectivity index (χ3v) is 3.54. The first-order valence-electron chi connectivity index (χ1n) is 7.43. The third-order valence-electron chi connectivity index (χ3n) is 3.31. The van der Waals surface area contributed by atoms with Crippen molar-refractivity contribution in [2.45, 2.75) is 20.3 Å². The van der Waals surface area contributed by atoms with E-state index < -0.39 is 0 Å². The molecule has 2 N–H and O–H groups in total. The molecular weight excluding hydrogens is 312 g/mol. The number of nitrogens with zero attached hydrogens (tertiary/aromatic N) is 4. The third kappa shape index (κ3) is 3.48. The highest BCUT2D eigenvalue weighted by atomic mass is 35.5. The van der Waals surface area contributed by atoms with Gasteiger partial charge in [-0.3, -0.25) is 0 Å². The number of anilines is 3. The van der Waals surface area contributed by atoms with E-state index in [0.29, 0.717) is 28.0 Å². The molecule has 0 saturated heterocycles. The number of aromatic nitrogens is 4. The molecule has 0 atom stereocenters. The molecule has 2 aromatic heterocycles. The van der Waals surface area contributed by atoms with E-state index in [1.807, 2.05) is 25.1 Å². The number of nitrogens with one attached hydrogen (secondary N) is 2. The largest absolute Gasteiger partial charge is 0.354 e. The first-order chi connectivity index (χ1) is 11.2. The van der Waals surface area contributed by atoms with Crippen LogP contribution >= 0.6 is 11.6 Å². The highest BCUT2D eigenvalue weighted by molar-refractivity contribution is 6.30. The summed E-state index contributed by atoms with van der Waals surface area (Å²) in [5.41, 5.74) is 3.12. The van der Waals surface area contributed by atoms with Gasteiger partial charge in [0.2, 0.25) is 5.95 Å². The van der Waals surface area contributed by atoms with Crippen molar-refractivity contribution in [3.8, 4) is 0 Å². The van der Waals surface area contributed by atoms with E-state index in [9.17, 15) is 0 Å². The van der Waals surface area contributed by atoms with Crippen molar-refractivity contribution in [1.29, 1.82) is 0 Å². The van der Waals surface area contributed by atoms with E-state index in [1.54, 1.807) is 12.4 Å². The number of aryl methyl sites for hydroxylation is 1. The Balaban J connectivity index is 2.03. The minimum atomic E-state index is 0.536. The van der Waals surface area contributed by atoms with Crippen LogP contribution in [0.4, 0.5) is 17.5 Å². The van der Waals surface area contributed by atoms with Crippen LogP contribution in [0.25, 0.3) is 11.2 Å². The molecule has 0 unspecified atom stereocenters. The summed E-state index contributed by atoms with van der Waals surface area (Å²) in [6, 6.07) is 5.65. The lowest BCUT2D eigenvalue weighted by atomic mass is 10.2. The first kappa shape index (κ1) is 15.4. The van der Waals surface area contributed by atoms with Gasteiger partial charge in [-0.25, -0.2) is 9.97 Å². The predicted octanol–water partition coefficient (Wildman–Crippen LogP) is 3.95. The van der Waals surface area contributed by atoms with E-state index in [2.05, 4.69) is 37.5 Å². The van der Waals surface area contributed by atoms with E-state index in [1.165, 1.54) is 0 Å². The van der Waals surface area contributed by atoms with Crippen LogP contribution < -0.4 is 10.6 Å². The Morgan fingerprint density at radius 3 is 2.74 bits per heavy atom. The van der Waals surface area contributed by atoms with Crippen molar-refractivity contribution < 1.29 is 0 Å². The van der Waals surface area contributed by atoms with Gasteiger partial charge in [-0.2, -0.15) is 9.97 Å². The quantitative estimate of drug-likeness (QED) is 0.738. The second kappa shape index (κ2) is 6.75. The minimum absolute atomic E-state index is 0.536. The maximum Gasteiger partial charge on any atom is 0.226 e. The number of halogens is 1. The average molecular weight is 329 g/mol. The van der Waals surface area contributed by atoms with Crippen molar-refractivity contribution in [2.24, 2.45) is 0 Å². The fourth-order valence-corrected chi connectivity index (χ4v) is 2.39. The molecule has 23 heavy (non-hydrogen) atoms. The lowest BCUT2D eigenvalue weighted by Crippen LogP contribution is -2.08. The van der Waals surface area contributed by atoms with Crippen LogP contribution in [-0.4, -0.2) is 26.5 Å². The van der Waals surface area contributed by atoms with Gasteiger partial charge in [0.05, 0.1) is 0 Å². The number of hydrogen-bond donors (Lipinski definition) is 2. The zero-order valence-corrected chi connectivity index (χ0v) is 13.7. The monoisotopic (exact) mass is 328 g/mol. The summed E-state index contributed by atoms with van der Waals surface area (Å²) in [6.45, 7) is 4.87. The number of rotatable bonds is 5. The fraction of sp³-hybridized carbons (Fsp3) is 0.250. The lowest BCUT2D eigenvalue weighted by Gasteiger charge is -2.12. The highest BCUT2D eigenvalue weighted by Gasteiger charge is 2.11. The van der Waals surface area contributed by atoms with Gasteiger partial charge in [0.15, 0.2) is 17.0 Å². The molecule has 0 aliphatic rings. The Labute approximate surface area is 139 Å². The molecule has 118 valence electrons. The maximum absolute atomic E-state index is 6.01. The van der Waals surface area contributed by atoms with Gasteiger partial charge in [-0.05, 0) is 37.1 Å². The van der Waals surface area contributed by atoms with Crippen LogP contribution in [-0.2, 0) is 0 Å². The fourth-order valence-electron chi connectivity index (χ4n) is 2.16. The van der Waals surface area contributed by atoms with Crippen LogP contribution in [0.1, 0.15) is 18.9 Å². The normalized spacial score (nSPS) is 10.7. The smallest absolute Gasteiger partial charge is 0.226 e. The molecule has 3 rings (SSSR count). The van der Waals surface area contributed by atoms with E-state index in [-0.39, 0.29) is 0 Å². The Kier molecular flexibility index (Phi) is 4.52. The van der Waals surface area contributed by atoms with Crippen LogP contribution in [0.5, 0.6) is 0 Å². The number of hydrogen-bond acceptors (Lipinski definition) is 6. The molecule has 0 aliphatic carbocycles. The number of benzene rings is 1. The van der Waals surface area contributed by atoms with Gasteiger partial charge in [-0.15, -0.1) is 0 Å². The molecule has 0 fully saturated rings. The summed E-state index contributed by atoms with van der Waals surface area (Å²) in [6.07, 6.45) is 4.24. The Morgan fingerprint density at radius 2 is 1.96 bits per heavy atom. The minimum Gasteiger partial charge on any atom is -0.354 e. The summed E-state index contributed by atoms with van der Waals surface area (Å²) in [5.74, 6) is 1.15. The first-order valence-corrected chi connectivity index (χ1v) is 7.81. The molecule has 0 amide bonds. The molecule has 0 bridgehead atoms. The topological polar surface area (TPSA) is 75.6 Å². The maximum atomic E-state index is 6.01. The SMILES string of the molecule is CCCNc1nc(Nc2ccc(Cl)cc2C)c2nccnc2n1. The van der Waals surface area contributed by atoms with Gasteiger partial charge >= 0.3 is 0 Å². The highest BCUT2D eigenvalue weighted by Crippen LogP contribution is 2.26. The molecule has 2 heterocycles. The summed E-state index contributed by atoms with van der Waals surface area (Å²) < 4.78 is 0. The van der Waals surface area contributed by atoms with Gasteiger partial charge in [0, 0.05) is 29.6 Å². The molecule has 0 spiro atoms. The second-order valence-corrected chi connectivity index (χ2v) is 5.57. The van der Waals surface area contributed by atoms with Crippen molar-refractivity contribution in [2.75, 3.05) is 17.2 Å². The van der Waals surface area contributed by atoms with Gasteiger partial charge in [0.1, 0.15) is 0 Å². The van der Waals surface area contributed by atoms with Crippen LogP contribution in [0, 0.1) is 6.92 Å². The molecular formula is C16H17ClN6. The lowest BCUT2D eigenvalue weighted by molar-refractivity contribution is 0.955. The average Bonchev–Trinajstić information content (AvgIpc) is 2.55. The van der Waals surface area contributed by atoms with E-state index >= 15 is 0 Å². The van der Waals surface area contributed by atoms with Gasteiger partial charge in [-0.1, -0.05) is 18.5 Å². The molecule has 0 aliphatic heterocycles. The zero-order valence-electron chi connectivity index (χ0n) is 13.0. The van der Waals surface area contributed by atoms with Crippen LogP contribution in [0.3, 0.4) is 0 Å². The molecule has 0 radical (unpaired) electrons. The summed E-state index contributed by atoms with van der Waals surface area (Å²) in [5, 5.41) is 7.19. The molecule has 6 nitrogen and oxygen atoms in total. The van der Waals surface area contributed by atoms with Crippen molar-refractivity contribution in [3.63, 3.8) is 0 Å². The van der Waals surface area contributed by atoms with E-state index in [4.69, 9.17) is 11.6 Å². The standard InChI is InChI=1S/C16H17ClN6/c1-3-6-20-16-22-14-13(18-7-8-19-14)15(23-16)21-12-5-4-11(17)9-10(12)2/h4-5,7-9H,3,6H2,1-2H3,(H2,19,20,21,22,23). The van der Waals surface area contributed by atoms with Crippen molar-refractivity contribution in [1.82, 2.24) is 19.9 Å². The zero-order chi connectivity index (χ0) is 16.2. The summed E-state index contributed by atoms with van der Waals surface area (Å²) in [7, 11) is 0. The second-order valence-electron chi connectivity index (χ2n) is 5.14. The Bertz CT molecular complexity index is 836. The number of fused-ring (bicyclic) bond motifs is 1. The molecule has 3 aromatic rings. The van der Waals surface area contributed by atoms with Crippen molar-refractivity contribution >= 4 is 40.2 Å². The van der Waals surface area contributed by atoms with Crippen LogP contribution in [0.2, 0.25) is 5.02 Å².